The Balaban J connectivity index is 1.12. The minimum atomic E-state index is 0.130. The molecule has 4 bridgehead atoms. The van der Waals surface area contributed by atoms with Crippen molar-refractivity contribution in [1.82, 2.24) is 0 Å². The van der Waals surface area contributed by atoms with Crippen LogP contribution < -0.4 is 4.90 Å². The summed E-state index contributed by atoms with van der Waals surface area (Å²) in [6.45, 7) is 0. The second-order valence-electron chi connectivity index (χ2n) is 15.8. The molecule has 4 fully saturated rings. The van der Waals surface area contributed by atoms with Crippen LogP contribution in [0.25, 0.3) is 44.2 Å². The van der Waals surface area contributed by atoms with Crippen molar-refractivity contribution < 1.29 is 0 Å². The molecule has 0 atom stereocenters. The molecule has 0 amide bonds. The summed E-state index contributed by atoms with van der Waals surface area (Å²) in [4.78, 5) is 2.55. The van der Waals surface area contributed by atoms with Gasteiger partial charge >= 0.3 is 0 Å². The van der Waals surface area contributed by atoms with Gasteiger partial charge in [0.05, 0.1) is 5.69 Å². The Hall–Kier alpha value is -5.40. The molecule has 7 aromatic carbocycles. The van der Waals surface area contributed by atoms with E-state index in [1.807, 2.05) is 0 Å². The second kappa shape index (κ2) is 11.3. The topological polar surface area (TPSA) is 3.24 Å². The lowest BCUT2D eigenvalue weighted by molar-refractivity contribution is -0.0399. The van der Waals surface area contributed by atoms with E-state index < -0.39 is 0 Å². The van der Waals surface area contributed by atoms with Crippen molar-refractivity contribution >= 4 is 27.8 Å². The highest BCUT2D eigenvalue weighted by Gasteiger charge is 2.61. The molecule has 0 radical (unpaired) electrons. The first-order chi connectivity index (χ1) is 25.2. The number of nitrogens with zero attached hydrogens (tertiary/aromatic N) is 1. The van der Waals surface area contributed by atoms with Gasteiger partial charge in [0, 0.05) is 22.4 Å². The summed E-state index contributed by atoms with van der Waals surface area (Å²) in [5.74, 6) is 3.33. The predicted molar refractivity (Wildman–Crippen MR) is 213 cm³/mol. The number of fused-ring (bicyclic) bond motifs is 4. The highest BCUT2D eigenvalue weighted by molar-refractivity contribution is 5.96. The highest BCUT2D eigenvalue weighted by Crippen LogP contribution is 2.70. The number of hydrogen-bond acceptors (Lipinski definition) is 1. The molecule has 0 saturated heterocycles. The Morgan fingerprint density at radius 1 is 0.412 bits per heavy atom. The lowest BCUT2D eigenvalue weighted by atomic mass is 9.43. The summed E-state index contributed by atoms with van der Waals surface area (Å²) < 4.78 is 0. The monoisotopic (exact) mass is 655 g/mol. The zero-order valence-electron chi connectivity index (χ0n) is 28.9. The van der Waals surface area contributed by atoms with Gasteiger partial charge in [0.1, 0.15) is 0 Å². The van der Waals surface area contributed by atoms with Gasteiger partial charge < -0.3 is 4.90 Å². The van der Waals surface area contributed by atoms with Gasteiger partial charge in [0.15, 0.2) is 0 Å². The van der Waals surface area contributed by atoms with Crippen LogP contribution in [-0.2, 0) is 5.41 Å². The zero-order valence-corrected chi connectivity index (χ0v) is 28.9. The molecule has 51 heavy (non-hydrogen) atoms. The van der Waals surface area contributed by atoms with Crippen LogP contribution >= 0.6 is 0 Å². The first-order valence-electron chi connectivity index (χ1n) is 19.0. The van der Waals surface area contributed by atoms with E-state index in [1.54, 1.807) is 11.1 Å². The number of benzene rings is 7. The van der Waals surface area contributed by atoms with Gasteiger partial charge in [0.2, 0.25) is 0 Å². The molecule has 0 N–H and O–H groups in total. The van der Waals surface area contributed by atoms with Crippen LogP contribution in [0.4, 0.5) is 17.1 Å². The molecule has 0 aliphatic heterocycles. The van der Waals surface area contributed by atoms with E-state index in [1.165, 1.54) is 93.3 Å². The van der Waals surface area contributed by atoms with E-state index >= 15 is 0 Å². The Morgan fingerprint density at radius 3 is 1.82 bits per heavy atom. The minimum absolute atomic E-state index is 0.130. The average Bonchev–Trinajstić information content (AvgIpc) is 3.49. The average molecular weight is 656 g/mol. The maximum Gasteiger partial charge on any atom is 0.0543 e. The van der Waals surface area contributed by atoms with E-state index in [9.17, 15) is 0 Å². The number of hydrogen-bond donors (Lipinski definition) is 0. The third kappa shape index (κ3) is 4.40. The van der Waals surface area contributed by atoms with Gasteiger partial charge in [-0.05, 0) is 142 Å². The van der Waals surface area contributed by atoms with E-state index in [0.717, 1.165) is 23.7 Å². The van der Waals surface area contributed by atoms with Crippen LogP contribution in [0.5, 0.6) is 0 Å². The van der Waals surface area contributed by atoms with Gasteiger partial charge in [-0.15, -0.1) is 0 Å². The number of rotatable bonds is 5. The van der Waals surface area contributed by atoms with Crippen LogP contribution in [-0.4, -0.2) is 0 Å². The van der Waals surface area contributed by atoms with Crippen molar-refractivity contribution in [3.63, 3.8) is 0 Å². The molecule has 1 nitrogen and oxygen atoms in total. The maximum absolute atomic E-state index is 2.55. The molecule has 7 aromatic rings. The second-order valence-corrected chi connectivity index (χ2v) is 15.8. The first kappa shape index (κ1) is 29.3. The summed E-state index contributed by atoms with van der Waals surface area (Å²) in [6, 6.07) is 61.5. The number of anilines is 3. The molecule has 1 spiro atoms. The van der Waals surface area contributed by atoms with Crippen LogP contribution in [0.2, 0.25) is 0 Å². The summed E-state index contributed by atoms with van der Waals surface area (Å²) in [6.07, 6.45) is 7.04. The van der Waals surface area contributed by atoms with E-state index in [2.05, 4.69) is 169 Å². The van der Waals surface area contributed by atoms with Gasteiger partial charge in [-0.1, -0.05) is 127 Å². The molecule has 0 unspecified atom stereocenters. The highest BCUT2D eigenvalue weighted by atomic mass is 15.1. The molecule has 0 heterocycles. The minimum Gasteiger partial charge on any atom is -0.310 e. The summed E-state index contributed by atoms with van der Waals surface area (Å²) in [7, 11) is 0. The molecule has 5 aliphatic carbocycles. The largest absolute Gasteiger partial charge is 0.310 e. The lowest BCUT2D eigenvalue weighted by Crippen LogP contribution is -2.55. The standard InChI is InChI=1S/C50H41N/c1-2-10-35(11-3-1)37-22-24-43(25-23-37)51(44-15-8-14-39(32-44)40-21-20-36-12-4-5-13-38(36)31-40)48-19-9-18-47-49(48)45-16-6-7-17-46(45)50(47)41-27-33-26-34(29-41)30-42(50)28-33/h1-25,31-34,41-42H,26-30H2. The molecule has 0 aromatic heterocycles. The van der Waals surface area contributed by atoms with Gasteiger partial charge in [-0.3, -0.25) is 0 Å². The Labute approximate surface area is 301 Å². The SMILES string of the molecule is c1ccc(-c2ccc(N(c3cccc(-c4ccc5ccccc5c4)c3)c3cccc4c3-c3ccccc3C43C4CC5CC(C4)CC3C5)cc2)cc1. The Kier molecular flexibility index (Phi) is 6.50. The van der Waals surface area contributed by atoms with Crippen molar-refractivity contribution in [2.75, 3.05) is 4.90 Å². The fourth-order valence-electron chi connectivity index (χ4n) is 11.4. The summed E-state index contributed by atoms with van der Waals surface area (Å²) >= 11 is 0. The molecule has 246 valence electrons. The van der Waals surface area contributed by atoms with Crippen LogP contribution in [0.3, 0.4) is 0 Å². The van der Waals surface area contributed by atoms with E-state index in [-0.39, 0.29) is 5.41 Å². The van der Waals surface area contributed by atoms with Gasteiger partial charge in [0.25, 0.3) is 0 Å². The molecule has 5 aliphatic rings. The molecule has 4 saturated carbocycles. The van der Waals surface area contributed by atoms with Crippen LogP contribution in [0.1, 0.15) is 43.2 Å². The fourth-order valence-corrected chi connectivity index (χ4v) is 11.4. The summed E-state index contributed by atoms with van der Waals surface area (Å²) in [5, 5.41) is 2.54. The normalized spacial score (nSPS) is 23.8. The van der Waals surface area contributed by atoms with Crippen LogP contribution in [0.15, 0.2) is 164 Å². The van der Waals surface area contributed by atoms with Crippen molar-refractivity contribution in [3.05, 3.63) is 175 Å². The van der Waals surface area contributed by atoms with Crippen molar-refractivity contribution in [2.45, 2.75) is 37.5 Å². The fraction of sp³-hybridized carbons (Fsp3) is 0.200. The van der Waals surface area contributed by atoms with Gasteiger partial charge in [-0.2, -0.15) is 0 Å². The molecular formula is C50H41N. The van der Waals surface area contributed by atoms with Crippen molar-refractivity contribution in [1.29, 1.82) is 0 Å². The molecular weight excluding hydrogens is 615 g/mol. The van der Waals surface area contributed by atoms with E-state index in [0.29, 0.717) is 0 Å². The van der Waals surface area contributed by atoms with Crippen molar-refractivity contribution in [3.8, 4) is 33.4 Å². The Bertz CT molecular complexity index is 2410. The smallest absolute Gasteiger partial charge is 0.0543 e. The van der Waals surface area contributed by atoms with Gasteiger partial charge in [-0.25, -0.2) is 0 Å². The predicted octanol–water partition coefficient (Wildman–Crippen LogP) is 13.4. The third-order valence-corrected chi connectivity index (χ3v) is 13.2. The zero-order chi connectivity index (χ0) is 33.5. The Morgan fingerprint density at radius 2 is 1.02 bits per heavy atom. The lowest BCUT2D eigenvalue weighted by Gasteiger charge is -2.61. The molecule has 12 rings (SSSR count). The van der Waals surface area contributed by atoms with Crippen molar-refractivity contribution in [2.24, 2.45) is 23.7 Å². The quantitative estimate of drug-likeness (QED) is 0.178. The third-order valence-electron chi connectivity index (χ3n) is 13.2. The van der Waals surface area contributed by atoms with Crippen LogP contribution in [0, 0.1) is 23.7 Å². The van der Waals surface area contributed by atoms with E-state index in [4.69, 9.17) is 0 Å². The summed E-state index contributed by atoms with van der Waals surface area (Å²) in [5.41, 5.74) is 14.8. The molecule has 1 heteroatoms. The maximum atomic E-state index is 2.55. The first-order valence-corrected chi connectivity index (χ1v) is 19.0.